The quantitative estimate of drug-likeness (QED) is 0.212. The summed E-state index contributed by atoms with van der Waals surface area (Å²) in [4.78, 5) is 36.4. The summed E-state index contributed by atoms with van der Waals surface area (Å²) in [5.74, 6) is 0.818. The van der Waals surface area contributed by atoms with E-state index in [-0.39, 0.29) is 23.3 Å². The van der Waals surface area contributed by atoms with Crippen molar-refractivity contribution < 1.29 is 4.79 Å². The molecule has 2 aromatic carbocycles. The maximum absolute atomic E-state index is 14.1. The molecular formula is C29H28ClN3O2S2. The summed E-state index contributed by atoms with van der Waals surface area (Å²) < 4.78 is 1.65. The van der Waals surface area contributed by atoms with Gasteiger partial charge in [-0.05, 0) is 80.3 Å². The lowest BCUT2D eigenvalue weighted by molar-refractivity contribution is -0.116. The molecule has 0 saturated carbocycles. The molecule has 2 aliphatic rings. The molecule has 2 atom stereocenters. The Kier molecular flexibility index (Phi) is 6.42. The standard InChI is InChI=1S/C29H28ClN3O2S2/c1-16-8-11-21-24(12-16)37-27-26(21)28(35)33(20-10-9-17(2)22(30)14-20)29(31-27)36-15-25(34)32-18(3)13-19-6-4-5-7-23(19)32/h4-7,9-10,14,16,18H,8,11-13,15H2,1-3H3. The van der Waals surface area contributed by atoms with Gasteiger partial charge in [0.2, 0.25) is 5.91 Å². The molecule has 1 aliphatic heterocycles. The van der Waals surface area contributed by atoms with E-state index in [1.807, 2.05) is 48.2 Å². The number of thiophene rings is 1. The Morgan fingerprint density at radius 3 is 2.81 bits per heavy atom. The molecule has 0 saturated heterocycles. The number of nitrogens with zero attached hydrogens (tertiary/aromatic N) is 3. The van der Waals surface area contributed by atoms with E-state index in [9.17, 15) is 9.59 Å². The number of carbonyl (C=O) groups excluding carboxylic acids is 1. The van der Waals surface area contributed by atoms with Gasteiger partial charge in [-0.3, -0.25) is 14.2 Å². The lowest BCUT2D eigenvalue weighted by atomic mass is 9.89. The lowest BCUT2D eigenvalue weighted by Crippen LogP contribution is -2.37. The van der Waals surface area contributed by atoms with Crippen LogP contribution in [0, 0.1) is 12.8 Å². The van der Waals surface area contributed by atoms with E-state index in [2.05, 4.69) is 19.9 Å². The van der Waals surface area contributed by atoms with E-state index in [4.69, 9.17) is 16.6 Å². The Bertz CT molecular complexity index is 1610. The van der Waals surface area contributed by atoms with Crippen LogP contribution in [0.25, 0.3) is 15.9 Å². The SMILES string of the molecule is Cc1ccc(-n2c(SCC(=O)N3c4ccccc4CC3C)nc3sc4c(c3c2=O)CCC(C)C4)cc1Cl. The fourth-order valence-electron chi connectivity index (χ4n) is 5.56. The molecule has 8 heteroatoms. The number of halogens is 1. The number of para-hydroxylation sites is 1. The van der Waals surface area contributed by atoms with Gasteiger partial charge < -0.3 is 4.90 Å². The van der Waals surface area contributed by atoms with Crippen LogP contribution in [0.1, 0.15) is 41.8 Å². The first-order valence-corrected chi connectivity index (χ1v) is 14.9. The first kappa shape index (κ1) is 24.7. The zero-order chi connectivity index (χ0) is 25.8. The second-order valence-corrected chi connectivity index (χ2v) is 12.7. The number of fused-ring (bicyclic) bond motifs is 4. The highest BCUT2D eigenvalue weighted by atomic mass is 35.5. The predicted molar refractivity (Wildman–Crippen MR) is 154 cm³/mol. The number of carbonyl (C=O) groups is 1. The molecule has 0 spiro atoms. The summed E-state index contributed by atoms with van der Waals surface area (Å²) in [6, 6.07) is 13.8. The van der Waals surface area contributed by atoms with Crippen LogP contribution in [0.2, 0.25) is 5.02 Å². The van der Waals surface area contributed by atoms with Gasteiger partial charge in [-0.1, -0.05) is 54.6 Å². The molecule has 0 N–H and O–H groups in total. The van der Waals surface area contributed by atoms with Gasteiger partial charge >= 0.3 is 0 Å². The highest BCUT2D eigenvalue weighted by molar-refractivity contribution is 7.99. The summed E-state index contributed by atoms with van der Waals surface area (Å²) in [5.41, 5.74) is 4.86. The highest BCUT2D eigenvalue weighted by Crippen LogP contribution is 2.38. The molecule has 4 aromatic rings. The molecule has 0 fully saturated rings. The van der Waals surface area contributed by atoms with E-state index < -0.39 is 0 Å². The van der Waals surface area contributed by atoms with Crippen LogP contribution in [-0.2, 0) is 24.1 Å². The molecule has 1 amide bonds. The number of hydrogen-bond donors (Lipinski definition) is 0. The van der Waals surface area contributed by atoms with Crippen molar-refractivity contribution in [3.05, 3.63) is 79.4 Å². The number of aromatic nitrogens is 2. The number of thioether (sulfide) groups is 1. The summed E-state index contributed by atoms with van der Waals surface area (Å²) in [6.45, 7) is 6.28. The normalized spacial score (nSPS) is 18.8. The van der Waals surface area contributed by atoms with Gasteiger partial charge in [-0.15, -0.1) is 11.3 Å². The fraction of sp³-hybridized carbons (Fsp3) is 0.345. The third kappa shape index (κ3) is 4.31. The van der Waals surface area contributed by atoms with E-state index in [1.54, 1.807) is 15.9 Å². The average molecular weight is 550 g/mol. The monoisotopic (exact) mass is 549 g/mol. The van der Waals surface area contributed by atoms with E-state index in [0.717, 1.165) is 52.7 Å². The molecule has 1 aliphatic carbocycles. The summed E-state index contributed by atoms with van der Waals surface area (Å²) in [5, 5.41) is 1.85. The van der Waals surface area contributed by atoms with Gasteiger partial charge in [-0.25, -0.2) is 4.98 Å². The number of hydrogen-bond acceptors (Lipinski definition) is 5. The largest absolute Gasteiger partial charge is 0.308 e. The van der Waals surface area contributed by atoms with Crippen LogP contribution in [-0.4, -0.2) is 27.3 Å². The summed E-state index contributed by atoms with van der Waals surface area (Å²) in [7, 11) is 0. The van der Waals surface area contributed by atoms with E-state index in [0.29, 0.717) is 21.8 Å². The first-order valence-electron chi connectivity index (χ1n) is 12.7. The number of benzene rings is 2. The van der Waals surface area contributed by atoms with Gasteiger partial charge in [0.1, 0.15) is 4.83 Å². The van der Waals surface area contributed by atoms with Gasteiger partial charge in [0, 0.05) is 21.6 Å². The fourth-order valence-corrected chi connectivity index (χ4v) is 8.03. The van der Waals surface area contributed by atoms with Crippen LogP contribution in [0.5, 0.6) is 0 Å². The lowest BCUT2D eigenvalue weighted by Gasteiger charge is -2.23. The molecule has 37 heavy (non-hydrogen) atoms. The van der Waals surface area contributed by atoms with E-state index in [1.165, 1.54) is 22.2 Å². The van der Waals surface area contributed by atoms with Crippen LogP contribution >= 0.6 is 34.7 Å². The highest BCUT2D eigenvalue weighted by Gasteiger charge is 2.31. The minimum atomic E-state index is -0.0770. The Labute approximate surface area is 229 Å². The van der Waals surface area contributed by atoms with Crippen molar-refractivity contribution in [2.75, 3.05) is 10.7 Å². The van der Waals surface area contributed by atoms with Crippen molar-refractivity contribution in [3.63, 3.8) is 0 Å². The molecule has 0 radical (unpaired) electrons. The minimum absolute atomic E-state index is 0.0181. The third-order valence-electron chi connectivity index (χ3n) is 7.51. The van der Waals surface area contributed by atoms with Crippen molar-refractivity contribution in [2.24, 2.45) is 5.92 Å². The zero-order valence-corrected chi connectivity index (χ0v) is 23.5. The third-order valence-corrected chi connectivity index (χ3v) is 9.99. The second-order valence-electron chi connectivity index (χ2n) is 10.2. The van der Waals surface area contributed by atoms with Crippen molar-refractivity contribution in [3.8, 4) is 5.69 Å². The molecular weight excluding hydrogens is 522 g/mol. The number of rotatable bonds is 4. The number of anilines is 1. The average Bonchev–Trinajstić information content (AvgIpc) is 3.40. The van der Waals surface area contributed by atoms with Crippen LogP contribution in [0.3, 0.4) is 0 Å². The first-order chi connectivity index (χ1) is 17.8. The molecule has 190 valence electrons. The van der Waals surface area contributed by atoms with Crippen molar-refractivity contribution in [1.82, 2.24) is 9.55 Å². The molecule has 2 aromatic heterocycles. The zero-order valence-electron chi connectivity index (χ0n) is 21.1. The molecule has 5 nitrogen and oxygen atoms in total. The summed E-state index contributed by atoms with van der Waals surface area (Å²) >= 11 is 9.43. The van der Waals surface area contributed by atoms with Gasteiger partial charge in [0.25, 0.3) is 5.56 Å². The minimum Gasteiger partial charge on any atom is -0.308 e. The van der Waals surface area contributed by atoms with Crippen LogP contribution < -0.4 is 10.5 Å². The maximum Gasteiger partial charge on any atom is 0.267 e. The Morgan fingerprint density at radius 1 is 1.19 bits per heavy atom. The van der Waals surface area contributed by atoms with Crippen molar-refractivity contribution in [2.45, 2.75) is 57.7 Å². The topological polar surface area (TPSA) is 55.2 Å². The Balaban J connectivity index is 1.42. The Morgan fingerprint density at radius 2 is 2.00 bits per heavy atom. The van der Waals surface area contributed by atoms with E-state index >= 15 is 0 Å². The number of aryl methyl sites for hydroxylation is 2. The van der Waals surface area contributed by atoms with Crippen molar-refractivity contribution >= 4 is 56.5 Å². The van der Waals surface area contributed by atoms with Gasteiger partial charge in [0.15, 0.2) is 5.16 Å². The molecule has 0 bridgehead atoms. The molecule has 6 rings (SSSR count). The maximum atomic E-state index is 14.1. The van der Waals surface area contributed by atoms with Crippen LogP contribution in [0.15, 0.2) is 52.4 Å². The molecule has 3 heterocycles. The van der Waals surface area contributed by atoms with Gasteiger partial charge in [-0.2, -0.15) is 0 Å². The Hall–Kier alpha value is -2.61. The van der Waals surface area contributed by atoms with Crippen LogP contribution in [0.4, 0.5) is 5.69 Å². The van der Waals surface area contributed by atoms with Gasteiger partial charge in [0.05, 0.1) is 16.8 Å². The number of amides is 1. The van der Waals surface area contributed by atoms with Crippen molar-refractivity contribution in [1.29, 1.82) is 0 Å². The summed E-state index contributed by atoms with van der Waals surface area (Å²) in [6.07, 6.45) is 3.82. The second kappa shape index (κ2) is 9.61. The molecule has 2 unspecified atom stereocenters. The smallest absolute Gasteiger partial charge is 0.267 e. The predicted octanol–water partition coefficient (Wildman–Crippen LogP) is 6.60.